The quantitative estimate of drug-likeness (QED) is 0.654. The minimum atomic E-state index is -0.377. The monoisotopic (exact) mass is 443 g/mol. The molecule has 3 aromatic rings. The van der Waals surface area contributed by atoms with Gasteiger partial charge in [-0.2, -0.15) is 0 Å². The van der Waals surface area contributed by atoms with E-state index in [0.717, 1.165) is 21.6 Å². The molecule has 1 aromatic carbocycles. The summed E-state index contributed by atoms with van der Waals surface area (Å²) in [5.41, 5.74) is 0.863. The molecule has 3 heterocycles. The van der Waals surface area contributed by atoms with Crippen molar-refractivity contribution in [3.63, 3.8) is 0 Å². The van der Waals surface area contributed by atoms with Crippen molar-refractivity contribution in [1.29, 1.82) is 0 Å². The fraction of sp³-hybridized carbons (Fsp3) is 0.333. The van der Waals surface area contributed by atoms with E-state index in [9.17, 15) is 9.59 Å². The summed E-state index contributed by atoms with van der Waals surface area (Å²) < 4.78 is 0. The van der Waals surface area contributed by atoms with Crippen molar-refractivity contribution < 1.29 is 9.59 Å². The molecular weight excluding hydrogens is 422 g/mol. The lowest BCUT2D eigenvalue weighted by molar-refractivity contribution is -0.132. The first-order valence-electron chi connectivity index (χ1n) is 9.75. The third kappa shape index (κ3) is 4.55. The van der Waals surface area contributed by atoms with E-state index in [4.69, 9.17) is 11.6 Å². The number of carbonyl (C=O) groups excluding carboxylic acids is 2. The Bertz CT molecular complexity index is 1050. The summed E-state index contributed by atoms with van der Waals surface area (Å²) >= 11 is 7.56. The van der Waals surface area contributed by atoms with Crippen molar-refractivity contribution in [3.05, 3.63) is 52.6 Å². The molecule has 7 nitrogen and oxygen atoms in total. The number of hydrogen-bond acceptors (Lipinski definition) is 6. The normalized spacial score (nSPS) is 15.3. The number of aromatic nitrogens is 2. The Morgan fingerprint density at radius 2 is 1.87 bits per heavy atom. The zero-order valence-electron chi connectivity index (χ0n) is 16.5. The maximum absolute atomic E-state index is 13.0. The third-order valence-electron chi connectivity index (χ3n) is 5.20. The summed E-state index contributed by atoms with van der Waals surface area (Å²) in [6.07, 6.45) is 1.80. The van der Waals surface area contributed by atoms with E-state index in [0.29, 0.717) is 31.2 Å². The van der Waals surface area contributed by atoms with Crippen LogP contribution in [-0.4, -0.2) is 52.9 Å². The lowest BCUT2D eigenvalue weighted by atomic mass is 10.0. The molecule has 1 fully saturated rings. The summed E-state index contributed by atoms with van der Waals surface area (Å²) in [5.74, 6) is 0.772. The maximum atomic E-state index is 13.0. The molecule has 0 spiro atoms. The van der Waals surface area contributed by atoms with Gasteiger partial charge in [0.05, 0.1) is 17.8 Å². The predicted octanol–water partition coefficient (Wildman–Crippen LogP) is 3.26. The summed E-state index contributed by atoms with van der Waals surface area (Å²) in [7, 11) is 0. The van der Waals surface area contributed by atoms with E-state index in [1.54, 1.807) is 29.8 Å². The van der Waals surface area contributed by atoms with Crippen LogP contribution in [0.4, 0.5) is 5.82 Å². The van der Waals surface area contributed by atoms with Gasteiger partial charge in [-0.05, 0) is 29.1 Å². The van der Waals surface area contributed by atoms with Crippen LogP contribution in [0.3, 0.4) is 0 Å². The molecule has 0 aliphatic carbocycles. The third-order valence-corrected chi connectivity index (χ3v) is 6.27. The smallest absolute Gasteiger partial charge is 0.225 e. The number of benzene rings is 1. The first-order valence-corrected chi connectivity index (χ1v) is 11.0. The Balaban J connectivity index is 1.41. The average molecular weight is 444 g/mol. The molecule has 2 aromatic heterocycles. The standard InChI is InChI=1S/C21H22ClN5O2S/c1-14(28)25-18(15-2-4-16(22)5-3-15)12-19(29)26-7-9-27(10-8-26)20-17-6-11-30-21(17)24-13-23-20/h2-6,11,13,18H,7-10,12H2,1H3,(H,25,28). The number of piperazine rings is 1. The second-order valence-electron chi connectivity index (χ2n) is 7.21. The van der Waals surface area contributed by atoms with Gasteiger partial charge in [0.2, 0.25) is 11.8 Å². The van der Waals surface area contributed by atoms with Crippen molar-refractivity contribution in [2.45, 2.75) is 19.4 Å². The molecule has 9 heteroatoms. The number of halogens is 1. The Kier molecular flexibility index (Phi) is 6.15. The number of nitrogens with zero attached hydrogens (tertiary/aromatic N) is 4. The first-order chi connectivity index (χ1) is 14.5. The van der Waals surface area contributed by atoms with E-state index in [2.05, 4.69) is 20.2 Å². The molecule has 1 aliphatic heterocycles. The number of anilines is 1. The molecule has 0 saturated carbocycles. The number of rotatable bonds is 5. The van der Waals surface area contributed by atoms with Crippen molar-refractivity contribution in [3.8, 4) is 0 Å². The van der Waals surface area contributed by atoms with Gasteiger partial charge >= 0.3 is 0 Å². The summed E-state index contributed by atoms with van der Waals surface area (Å²) in [6.45, 7) is 4.10. The van der Waals surface area contributed by atoms with Gasteiger partial charge in [0.1, 0.15) is 17.0 Å². The molecule has 2 amide bonds. The second-order valence-corrected chi connectivity index (χ2v) is 8.54. The van der Waals surface area contributed by atoms with Crippen LogP contribution in [0.2, 0.25) is 5.02 Å². The van der Waals surface area contributed by atoms with Crippen LogP contribution >= 0.6 is 22.9 Å². The minimum Gasteiger partial charge on any atom is -0.352 e. The van der Waals surface area contributed by atoms with E-state index in [1.165, 1.54) is 6.92 Å². The molecule has 0 radical (unpaired) electrons. The highest BCUT2D eigenvalue weighted by atomic mass is 35.5. The van der Waals surface area contributed by atoms with E-state index in [1.807, 2.05) is 28.5 Å². The van der Waals surface area contributed by atoms with Crippen LogP contribution in [0.1, 0.15) is 24.9 Å². The fourth-order valence-electron chi connectivity index (χ4n) is 3.69. The van der Waals surface area contributed by atoms with E-state index in [-0.39, 0.29) is 24.3 Å². The molecule has 4 rings (SSSR count). The number of carbonyl (C=O) groups is 2. The Morgan fingerprint density at radius 3 is 2.57 bits per heavy atom. The Morgan fingerprint density at radius 1 is 1.13 bits per heavy atom. The van der Waals surface area contributed by atoms with Gasteiger partial charge in [0.25, 0.3) is 0 Å². The van der Waals surface area contributed by atoms with Crippen LogP contribution in [0.5, 0.6) is 0 Å². The minimum absolute atomic E-state index is 0.0201. The zero-order chi connectivity index (χ0) is 21.1. The van der Waals surface area contributed by atoms with Crippen molar-refractivity contribution >= 4 is 50.8 Å². The molecule has 1 atom stereocenters. The van der Waals surface area contributed by atoms with Crippen LogP contribution in [0.15, 0.2) is 42.0 Å². The summed E-state index contributed by atoms with van der Waals surface area (Å²) in [4.78, 5) is 38.4. The van der Waals surface area contributed by atoms with Gasteiger partial charge in [-0.25, -0.2) is 9.97 Å². The lowest BCUT2D eigenvalue weighted by Gasteiger charge is -2.36. The van der Waals surface area contributed by atoms with Crippen molar-refractivity contribution in [1.82, 2.24) is 20.2 Å². The Labute approximate surface area is 183 Å². The summed E-state index contributed by atoms with van der Waals surface area (Å²) in [5, 5.41) is 6.57. The molecule has 1 unspecified atom stereocenters. The Hall–Kier alpha value is -2.71. The molecule has 1 aliphatic rings. The van der Waals surface area contributed by atoms with Crippen LogP contribution in [0, 0.1) is 0 Å². The number of thiophene rings is 1. The first kappa shape index (κ1) is 20.6. The second kappa shape index (κ2) is 8.97. The zero-order valence-corrected chi connectivity index (χ0v) is 18.1. The van der Waals surface area contributed by atoms with Gasteiger partial charge in [-0.1, -0.05) is 23.7 Å². The number of nitrogens with one attached hydrogen (secondary N) is 1. The number of fused-ring (bicyclic) bond motifs is 1. The molecular formula is C21H22ClN5O2S. The van der Waals surface area contributed by atoms with Crippen LogP contribution < -0.4 is 10.2 Å². The molecule has 156 valence electrons. The van der Waals surface area contributed by atoms with Gasteiger partial charge in [0, 0.05) is 38.1 Å². The van der Waals surface area contributed by atoms with Crippen LogP contribution in [-0.2, 0) is 9.59 Å². The topological polar surface area (TPSA) is 78.4 Å². The van der Waals surface area contributed by atoms with Gasteiger partial charge in [-0.15, -0.1) is 11.3 Å². The maximum Gasteiger partial charge on any atom is 0.225 e. The molecule has 1 saturated heterocycles. The largest absolute Gasteiger partial charge is 0.352 e. The highest BCUT2D eigenvalue weighted by molar-refractivity contribution is 7.16. The van der Waals surface area contributed by atoms with Gasteiger partial charge < -0.3 is 15.1 Å². The number of hydrogen-bond donors (Lipinski definition) is 1. The van der Waals surface area contributed by atoms with Gasteiger partial charge in [-0.3, -0.25) is 9.59 Å². The van der Waals surface area contributed by atoms with Gasteiger partial charge in [0.15, 0.2) is 0 Å². The molecule has 30 heavy (non-hydrogen) atoms. The average Bonchev–Trinajstić information content (AvgIpc) is 3.22. The SMILES string of the molecule is CC(=O)NC(CC(=O)N1CCN(c2ncnc3sccc23)CC1)c1ccc(Cl)cc1. The van der Waals surface area contributed by atoms with E-state index < -0.39 is 0 Å². The molecule has 0 bridgehead atoms. The highest BCUT2D eigenvalue weighted by Gasteiger charge is 2.26. The lowest BCUT2D eigenvalue weighted by Crippen LogP contribution is -2.49. The van der Waals surface area contributed by atoms with Crippen LogP contribution in [0.25, 0.3) is 10.2 Å². The predicted molar refractivity (Wildman–Crippen MR) is 119 cm³/mol. The van der Waals surface area contributed by atoms with E-state index >= 15 is 0 Å². The van der Waals surface area contributed by atoms with Crippen molar-refractivity contribution in [2.75, 3.05) is 31.1 Å². The number of amides is 2. The molecule has 1 N–H and O–H groups in total. The van der Waals surface area contributed by atoms with Crippen molar-refractivity contribution in [2.24, 2.45) is 0 Å². The fourth-order valence-corrected chi connectivity index (χ4v) is 4.55. The summed E-state index contributed by atoms with van der Waals surface area (Å²) in [6, 6.07) is 8.88. The highest BCUT2D eigenvalue weighted by Crippen LogP contribution is 2.28.